The Labute approximate surface area is 125 Å². The van der Waals surface area contributed by atoms with Gasteiger partial charge in [0.2, 0.25) is 10.5 Å². The maximum absolute atomic E-state index is 11.5. The van der Waals surface area contributed by atoms with Gasteiger partial charge < -0.3 is 4.57 Å². The van der Waals surface area contributed by atoms with Gasteiger partial charge in [0.05, 0.1) is 12.5 Å². The Hall–Kier alpha value is -1.83. The molecule has 0 saturated heterocycles. The number of nitrogens with zero attached hydrogens (tertiary/aromatic N) is 2. The summed E-state index contributed by atoms with van der Waals surface area (Å²) >= 11 is 11.0. The Morgan fingerprint density at radius 3 is 2.50 bits per heavy atom. The van der Waals surface area contributed by atoms with E-state index in [4.69, 9.17) is 28.5 Å². The molecule has 1 aromatic heterocycles. The molecule has 0 amide bonds. The summed E-state index contributed by atoms with van der Waals surface area (Å²) in [4.78, 5) is 22.9. The SMILES string of the molecule is N#CCCn1cc(C(C(=O)Cl)C(=O)Cl)c2ccccc21. The van der Waals surface area contributed by atoms with Gasteiger partial charge in [0.15, 0.2) is 0 Å². The van der Waals surface area contributed by atoms with E-state index in [1.165, 1.54) is 0 Å². The van der Waals surface area contributed by atoms with Crippen LogP contribution in [0.25, 0.3) is 10.9 Å². The van der Waals surface area contributed by atoms with Crippen molar-refractivity contribution in [2.45, 2.75) is 18.9 Å². The zero-order chi connectivity index (χ0) is 14.7. The average Bonchev–Trinajstić information content (AvgIpc) is 2.75. The third-order valence-electron chi connectivity index (χ3n) is 3.05. The Bertz CT molecular complexity index is 702. The predicted molar refractivity (Wildman–Crippen MR) is 76.6 cm³/mol. The van der Waals surface area contributed by atoms with Gasteiger partial charge in [-0.05, 0) is 34.8 Å². The molecule has 2 rings (SSSR count). The monoisotopic (exact) mass is 308 g/mol. The molecule has 0 bridgehead atoms. The summed E-state index contributed by atoms with van der Waals surface area (Å²) in [6.45, 7) is 0.469. The molecule has 0 radical (unpaired) electrons. The highest BCUT2D eigenvalue weighted by molar-refractivity contribution is 6.74. The minimum absolute atomic E-state index is 0.326. The number of fused-ring (bicyclic) bond motifs is 1. The standard InChI is InChI=1S/C14H10Cl2N2O2/c15-13(19)12(14(16)20)10-8-18(7-3-6-17)11-5-2-1-4-9(10)11/h1-2,4-5,8,12H,3,7H2. The fourth-order valence-electron chi connectivity index (χ4n) is 2.19. The van der Waals surface area contributed by atoms with Crippen molar-refractivity contribution in [3.63, 3.8) is 0 Å². The molecule has 0 aliphatic rings. The van der Waals surface area contributed by atoms with Crippen LogP contribution in [0.3, 0.4) is 0 Å². The van der Waals surface area contributed by atoms with Gasteiger partial charge in [-0.25, -0.2) is 0 Å². The number of aryl methyl sites for hydroxylation is 1. The van der Waals surface area contributed by atoms with Crippen LogP contribution in [0.4, 0.5) is 0 Å². The highest BCUT2D eigenvalue weighted by Gasteiger charge is 2.28. The van der Waals surface area contributed by atoms with E-state index in [1.54, 1.807) is 18.3 Å². The molecule has 1 aromatic carbocycles. The number of rotatable bonds is 5. The third kappa shape index (κ3) is 2.69. The van der Waals surface area contributed by atoms with Crippen LogP contribution in [0, 0.1) is 11.3 Å². The molecule has 6 heteroatoms. The van der Waals surface area contributed by atoms with E-state index in [0.29, 0.717) is 18.5 Å². The maximum Gasteiger partial charge on any atom is 0.238 e. The van der Waals surface area contributed by atoms with E-state index in [1.807, 2.05) is 16.7 Å². The van der Waals surface area contributed by atoms with E-state index >= 15 is 0 Å². The highest BCUT2D eigenvalue weighted by atomic mass is 35.5. The first kappa shape index (κ1) is 14.6. The highest BCUT2D eigenvalue weighted by Crippen LogP contribution is 2.31. The van der Waals surface area contributed by atoms with Gasteiger partial charge >= 0.3 is 0 Å². The van der Waals surface area contributed by atoms with Gasteiger partial charge in [-0.1, -0.05) is 18.2 Å². The van der Waals surface area contributed by atoms with Crippen molar-refractivity contribution >= 4 is 44.6 Å². The number of halogens is 2. The lowest BCUT2D eigenvalue weighted by atomic mass is 10.0. The second-order valence-corrected chi connectivity index (χ2v) is 4.99. The average molecular weight is 309 g/mol. The first-order valence-electron chi connectivity index (χ1n) is 5.89. The number of aromatic nitrogens is 1. The molecule has 0 fully saturated rings. The number of benzene rings is 1. The number of hydrogen-bond donors (Lipinski definition) is 0. The number of nitriles is 1. The van der Waals surface area contributed by atoms with E-state index < -0.39 is 16.4 Å². The van der Waals surface area contributed by atoms with Crippen molar-refractivity contribution in [1.29, 1.82) is 5.26 Å². The predicted octanol–water partition coefficient (Wildman–Crippen LogP) is 3.17. The fourth-order valence-corrected chi connectivity index (χ4v) is 2.68. The van der Waals surface area contributed by atoms with Crippen LogP contribution >= 0.6 is 23.2 Å². The summed E-state index contributed by atoms with van der Waals surface area (Å²) < 4.78 is 1.82. The summed E-state index contributed by atoms with van der Waals surface area (Å²) in [6, 6.07) is 9.34. The molecule has 0 unspecified atom stereocenters. The summed E-state index contributed by atoms with van der Waals surface area (Å²) in [7, 11) is 0. The molecule has 0 saturated carbocycles. The number of carbonyl (C=O) groups is 2. The molecule has 20 heavy (non-hydrogen) atoms. The van der Waals surface area contributed by atoms with Crippen molar-refractivity contribution in [1.82, 2.24) is 4.57 Å². The quantitative estimate of drug-likeness (QED) is 0.629. The molecule has 4 nitrogen and oxygen atoms in total. The summed E-state index contributed by atoms with van der Waals surface area (Å²) in [6.07, 6.45) is 1.99. The van der Waals surface area contributed by atoms with Gasteiger partial charge in [0, 0.05) is 23.6 Å². The Morgan fingerprint density at radius 1 is 1.25 bits per heavy atom. The molecular formula is C14H10Cl2N2O2. The van der Waals surface area contributed by atoms with Crippen molar-refractivity contribution in [3.05, 3.63) is 36.0 Å². The molecule has 0 spiro atoms. The first-order chi connectivity index (χ1) is 9.56. The Balaban J connectivity index is 2.61. The third-order valence-corrected chi connectivity index (χ3v) is 3.49. The minimum Gasteiger partial charge on any atom is -0.346 e. The second-order valence-electron chi connectivity index (χ2n) is 4.24. The molecule has 102 valence electrons. The number of para-hydroxylation sites is 1. The summed E-state index contributed by atoms with van der Waals surface area (Å²) in [5.74, 6) is -1.19. The van der Waals surface area contributed by atoms with Crippen LogP contribution in [-0.4, -0.2) is 15.1 Å². The lowest BCUT2D eigenvalue weighted by Gasteiger charge is -2.05. The van der Waals surface area contributed by atoms with Crippen LogP contribution in [0.5, 0.6) is 0 Å². The molecular weight excluding hydrogens is 299 g/mol. The largest absolute Gasteiger partial charge is 0.346 e. The molecule has 0 atom stereocenters. The first-order valence-corrected chi connectivity index (χ1v) is 6.65. The molecule has 1 heterocycles. The van der Waals surface area contributed by atoms with Crippen LogP contribution in [-0.2, 0) is 16.1 Å². The molecule has 2 aromatic rings. The lowest BCUT2D eigenvalue weighted by molar-refractivity contribution is -0.120. The van der Waals surface area contributed by atoms with Crippen molar-refractivity contribution in [3.8, 4) is 6.07 Å². The zero-order valence-electron chi connectivity index (χ0n) is 10.3. The molecule has 0 N–H and O–H groups in total. The van der Waals surface area contributed by atoms with Crippen LogP contribution in [0.1, 0.15) is 17.9 Å². The Kier molecular flexibility index (Phi) is 4.43. The van der Waals surface area contributed by atoms with Crippen LogP contribution in [0.2, 0.25) is 0 Å². The lowest BCUT2D eigenvalue weighted by Crippen LogP contribution is -2.13. The van der Waals surface area contributed by atoms with Gasteiger partial charge in [0.1, 0.15) is 5.92 Å². The van der Waals surface area contributed by atoms with E-state index in [9.17, 15) is 9.59 Å². The normalized spacial score (nSPS) is 10.7. The van der Waals surface area contributed by atoms with Crippen molar-refractivity contribution < 1.29 is 9.59 Å². The van der Waals surface area contributed by atoms with Gasteiger partial charge in [0.25, 0.3) is 0 Å². The van der Waals surface area contributed by atoms with Crippen molar-refractivity contribution in [2.75, 3.05) is 0 Å². The van der Waals surface area contributed by atoms with Gasteiger partial charge in [-0.2, -0.15) is 5.26 Å². The Morgan fingerprint density at radius 2 is 1.90 bits per heavy atom. The molecule has 0 aliphatic carbocycles. The number of hydrogen-bond acceptors (Lipinski definition) is 3. The van der Waals surface area contributed by atoms with E-state index in [0.717, 1.165) is 10.9 Å². The molecule has 0 aliphatic heterocycles. The van der Waals surface area contributed by atoms with Gasteiger partial charge in [-0.3, -0.25) is 9.59 Å². The summed E-state index contributed by atoms with van der Waals surface area (Å²) in [5.41, 5.74) is 1.30. The van der Waals surface area contributed by atoms with E-state index in [-0.39, 0.29) is 0 Å². The number of carbonyl (C=O) groups excluding carboxylic acids is 2. The smallest absolute Gasteiger partial charge is 0.238 e. The minimum atomic E-state index is -1.19. The van der Waals surface area contributed by atoms with E-state index in [2.05, 4.69) is 6.07 Å². The van der Waals surface area contributed by atoms with Crippen LogP contribution < -0.4 is 0 Å². The van der Waals surface area contributed by atoms with Crippen molar-refractivity contribution in [2.24, 2.45) is 0 Å². The zero-order valence-corrected chi connectivity index (χ0v) is 11.9. The van der Waals surface area contributed by atoms with Gasteiger partial charge in [-0.15, -0.1) is 0 Å². The fraction of sp³-hybridized carbons (Fsp3) is 0.214. The van der Waals surface area contributed by atoms with Crippen LogP contribution in [0.15, 0.2) is 30.5 Å². The second kappa shape index (κ2) is 6.08. The maximum atomic E-state index is 11.5. The topological polar surface area (TPSA) is 62.9 Å². The summed E-state index contributed by atoms with van der Waals surface area (Å²) in [5, 5.41) is 7.79.